The highest BCUT2D eigenvalue weighted by Gasteiger charge is 2.30. The van der Waals surface area contributed by atoms with Crippen molar-refractivity contribution in [3.63, 3.8) is 0 Å². The number of anilines is 1. The summed E-state index contributed by atoms with van der Waals surface area (Å²) in [6, 6.07) is 3.40. The lowest BCUT2D eigenvalue weighted by atomic mass is 10.2. The minimum absolute atomic E-state index is 0.216. The van der Waals surface area contributed by atoms with Crippen LogP contribution < -0.4 is 10.8 Å². The lowest BCUT2D eigenvalue weighted by Gasteiger charge is -2.15. The number of alkyl halides is 3. The van der Waals surface area contributed by atoms with Crippen LogP contribution in [0.5, 0.6) is 0 Å². The Hall–Kier alpha value is -2.55. The summed E-state index contributed by atoms with van der Waals surface area (Å²) in [5, 5.41) is 2.38. The van der Waals surface area contributed by atoms with Crippen LogP contribution in [-0.4, -0.2) is 16.0 Å². The first-order valence-electron chi connectivity index (χ1n) is 6.78. The number of benzene rings is 1. The monoisotopic (exact) mass is 328 g/mol. The molecule has 2 aromatic rings. The van der Waals surface area contributed by atoms with E-state index < -0.39 is 23.9 Å². The molecule has 0 aliphatic rings. The molecule has 124 valence electrons. The van der Waals surface area contributed by atoms with Crippen LogP contribution >= 0.6 is 0 Å². The first-order chi connectivity index (χ1) is 10.9. The van der Waals surface area contributed by atoms with Gasteiger partial charge >= 0.3 is 12.2 Å². The maximum absolute atomic E-state index is 12.4. The number of carbonyl (C=O) groups is 1. The van der Waals surface area contributed by atoms with Crippen molar-refractivity contribution in [2.45, 2.75) is 25.6 Å². The summed E-state index contributed by atoms with van der Waals surface area (Å²) >= 11 is 0. The molecule has 2 rings (SSSR count). The molecule has 1 aromatic carbocycles. The van der Waals surface area contributed by atoms with E-state index in [-0.39, 0.29) is 5.69 Å². The first-order valence-corrected chi connectivity index (χ1v) is 6.78. The minimum atomic E-state index is -4.41. The van der Waals surface area contributed by atoms with Crippen molar-refractivity contribution in [1.29, 1.82) is 0 Å². The fourth-order valence-electron chi connectivity index (χ4n) is 1.83. The van der Waals surface area contributed by atoms with Crippen LogP contribution in [0.4, 0.5) is 23.7 Å². The van der Waals surface area contributed by atoms with Crippen LogP contribution in [0.15, 0.2) is 36.8 Å². The molecule has 3 N–H and O–H groups in total. The molecule has 0 aliphatic carbocycles. The number of imidazole rings is 1. The normalized spacial score (nSPS) is 12.7. The number of urea groups is 1. The van der Waals surface area contributed by atoms with Crippen molar-refractivity contribution in [3.8, 4) is 0 Å². The average Bonchev–Trinajstić information content (AvgIpc) is 3.02. The van der Waals surface area contributed by atoms with Gasteiger partial charge in [0, 0.05) is 5.69 Å². The molecule has 23 heavy (non-hydrogen) atoms. The molecule has 0 saturated carbocycles. The molecule has 2 amide bonds. The van der Waals surface area contributed by atoms with E-state index in [1.807, 2.05) is 6.92 Å². The van der Waals surface area contributed by atoms with Crippen molar-refractivity contribution in [2.24, 2.45) is 0 Å². The highest BCUT2D eigenvalue weighted by Crippen LogP contribution is 2.29. The molecule has 0 spiro atoms. The lowest BCUT2D eigenvalue weighted by molar-refractivity contribution is -0.137. The van der Waals surface area contributed by atoms with Crippen molar-refractivity contribution in [3.05, 3.63) is 48.0 Å². The third-order valence-electron chi connectivity index (χ3n) is 3.00. The van der Waals surface area contributed by atoms with Gasteiger partial charge in [-0.1, -0.05) is 6.92 Å². The van der Waals surface area contributed by atoms with E-state index in [1.165, 1.54) is 6.33 Å². The van der Waals surface area contributed by atoms with Gasteiger partial charge in [-0.15, -0.1) is 0 Å². The van der Waals surface area contributed by atoms with Crippen LogP contribution in [0.3, 0.4) is 0 Å². The Labute approximate surface area is 130 Å². The summed E-state index contributed by atoms with van der Waals surface area (Å²) < 4.78 is 37.3. The Morgan fingerprint density at radius 1 is 1.35 bits per heavy atom. The first kappa shape index (κ1) is 16.8. The molecule has 0 bridgehead atoms. The number of nitrogens with zero attached hydrogens (tertiary/aromatic N) is 1. The molecule has 0 aliphatic heterocycles. The molecular formula is C14H15F3N4O2. The summed E-state index contributed by atoms with van der Waals surface area (Å²) in [7, 11) is 0. The van der Waals surface area contributed by atoms with Crippen LogP contribution in [0.1, 0.15) is 30.7 Å². The molecular weight excluding hydrogens is 313 g/mol. The zero-order chi connectivity index (χ0) is 16.9. The van der Waals surface area contributed by atoms with Gasteiger partial charge in [0.15, 0.2) is 0 Å². The zero-order valence-electron chi connectivity index (χ0n) is 12.1. The van der Waals surface area contributed by atoms with E-state index in [9.17, 15) is 18.0 Å². The van der Waals surface area contributed by atoms with Crippen molar-refractivity contribution in [1.82, 2.24) is 15.4 Å². The number of hydrogen-bond acceptors (Lipinski definition) is 3. The third kappa shape index (κ3) is 4.71. The van der Waals surface area contributed by atoms with Gasteiger partial charge < -0.3 is 10.3 Å². The highest BCUT2D eigenvalue weighted by molar-refractivity contribution is 5.88. The second-order valence-electron chi connectivity index (χ2n) is 4.65. The fourth-order valence-corrected chi connectivity index (χ4v) is 1.83. The van der Waals surface area contributed by atoms with E-state index in [1.54, 1.807) is 6.20 Å². The molecule has 1 atom stereocenters. The maximum atomic E-state index is 12.4. The Morgan fingerprint density at radius 3 is 2.57 bits per heavy atom. The Morgan fingerprint density at radius 2 is 2.04 bits per heavy atom. The van der Waals surface area contributed by atoms with Gasteiger partial charge in [0.1, 0.15) is 6.10 Å². The zero-order valence-corrected chi connectivity index (χ0v) is 12.1. The summed E-state index contributed by atoms with van der Waals surface area (Å²) in [6.07, 6.45) is -1.17. The van der Waals surface area contributed by atoms with Gasteiger partial charge in [-0.05, 0) is 30.7 Å². The number of carbonyl (C=O) groups excluding carboxylic acids is 1. The second kappa shape index (κ2) is 7.14. The molecule has 0 saturated heterocycles. The summed E-state index contributed by atoms with van der Waals surface area (Å²) in [5.74, 6) is 0. The summed E-state index contributed by atoms with van der Waals surface area (Å²) in [5.41, 5.74) is 2.32. The van der Waals surface area contributed by atoms with E-state index in [0.29, 0.717) is 12.1 Å². The number of rotatable bonds is 5. The van der Waals surface area contributed by atoms with Crippen LogP contribution in [0, 0.1) is 0 Å². The van der Waals surface area contributed by atoms with Crippen LogP contribution in [-0.2, 0) is 11.0 Å². The van der Waals surface area contributed by atoms with Gasteiger partial charge in [-0.25, -0.2) is 15.3 Å². The number of nitrogens with one attached hydrogen (secondary N) is 3. The van der Waals surface area contributed by atoms with E-state index in [4.69, 9.17) is 4.84 Å². The number of aromatic amines is 1. The lowest BCUT2D eigenvalue weighted by Crippen LogP contribution is -2.30. The summed E-state index contributed by atoms with van der Waals surface area (Å²) in [6.45, 7) is 1.86. The fraction of sp³-hybridized carbons (Fsp3) is 0.286. The summed E-state index contributed by atoms with van der Waals surface area (Å²) in [4.78, 5) is 23.6. The standard InChI is InChI=1S/C14H15F3N4O2/c1-2-12(11-7-18-8-19-11)23-21-13(22)20-10-5-3-9(4-6-10)14(15,16)17/h3-8,12H,2H2,1H3,(H,18,19)(H2,20,21,22). The van der Waals surface area contributed by atoms with Crippen molar-refractivity contribution in [2.75, 3.05) is 5.32 Å². The second-order valence-corrected chi connectivity index (χ2v) is 4.65. The molecule has 0 fully saturated rings. The number of amides is 2. The predicted octanol–water partition coefficient (Wildman–Crippen LogP) is 3.63. The maximum Gasteiger partial charge on any atom is 0.416 e. The predicted molar refractivity (Wildman–Crippen MR) is 76.3 cm³/mol. The van der Waals surface area contributed by atoms with Crippen molar-refractivity contribution >= 4 is 11.7 Å². The van der Waals surface area contributed by atoms with Gasteiger partial charge in [0.25, 0.3) is 0 Å². The third-order valence-corrected chi connectivity index (χ3v) is 3.00. The van der Waals surface area contributed by atoms with E-state index >= 15 is 0 Å². The largest absolute Gasteiger partial charge is 0.416 e. The van der Waals surface area contributed by atoms with E-state index in [0.717, 1.165) is 24.3 Å². The number of hydroxylamine groups is 1. The molecule has 1 heterocycles. The molecule has 9 heteroatoms. The molecule has 0 radical (unpaired) electrons. The van der Waals surface area contributed by atoms with Gasteiger partial charge in [0.2, 0.25) is 0 Å². The Balaban J connectivity index is 1.87. The van der Waals surface area contributed by atoms with Gasteiger partial charge in [0.05, 0.1) is 23.8 Å². The topological polar surface area (TPSA) is 79.0 Å². The quantitative estimate of drug-likeness (QED) is 0.733. The molecule has 1 aromatic heterocycles. The molecule has 6 nitrogen and oxygen atoms in total. The smallest absolute Gasteiger partial charge is 0.346 e. The van der Waals surface area contributed by atoms with Crippen molar-refractivity contribution < 1.29 is 22.8 Å². The highest BCUT2D eigenvalue weighted by atomic mass is 19.4. The van der Waals surface area contributed by atoms with Crippen LogP contribution in [0.25, 0.3) is 0 Å². The van der Waals surface area contributed by atoms with Gasteiger partial charge in [-0.2, -0.15) is 13.2 Å². The van der Waals surface area contributed by atoms with Gasteiger partial charge in [-0.3, -0.25) is 4.84 Å². The number of H-pyrrole nitrogens is 1. The Bertz CT molecular complexity index is 626. The molecule has 1 unspecified atom stereocenters. The number of hydrogen-bond donors (Lipinski definition) is 3. The minimum Gasteiger partial charge on any atom is -0.346 e. The average molecular weight is 328 g/mol. The Kier molecular flexibility index (Phi) is 5.22. The number of halogens is 3. The van der Waals surface area contributed by atoms with Crippen LogP contribution in [0.2, 0.25) is 0 Å². The van der Waals surface area contributed by atoms with E-state index in [2.05, 4.69) is 20.8 Å². The SMILES string of the molecule is CCC(ONC(=O)Nc1ccc(C(F)(F)F)cc1)c1cnc[nH]1. The number of aromatic nitrogens is 2.